The first kappa shape index (κ1) is 16.1. The number of thioether (sulfide) groups is 1. The van der Waals surface area contributed by atoms with Gasteiger partial charge in [-0.3, -0.25) is 0 Å². The summed E-state index contributed by atoms with van der Waals surface area (Å²) in [4.78, 5) is 4.63. The van der Waals surface area contributed by atoms with Gasteiger partial charge in [0.25, 0.3) is 0 Å². The van der Waals surface area contributed by atoms with Crippen LogP contribution in [0.15, 0.2) is 28.3 Å². The van der Waals surface area contributed by atoms with Gasteiger partial charge in [-0.1, -0.05) is 29.0 Å². The fourth-order valence-corrected chi connectivity index (χ4v) is 4.34. The average Bonchev–Trinajstić information content (AvgIpc) is 2.95. The predicted octanol–water partition coefficient (Wildman–Crippen LogP) is 4.22. The van der Waals surface area contributed by atoms with Gasteiger partial charge in [-0.15, -0.1) is 0 Å². The third-order valence-electron chi connectivity index (χ3n) is 4.90. The molecule has 1 N–H and O–H groups in total. The Hall–Kier alpha value is -0.740. The molecule has 22 heavy (non-hydrogen) atoms. The van der Waals surface area contributed by atoms with Crippen LogP contribution in [-0.2, 0) is 4.74 Å². The minimum Gasteiger partial charge on any atom is -0.463 e. The highest BCUT2D eigenvalue weighted by Crippen LogP contribution is 2.30. The second-order valence-corrected chi connectivity index (χ2v) is 7.62. The van der Waals surface area contributed by atoms with Crippen molar-refractivity contribution in [2.45, 2.75) is 76.5 Å². The SMILES string of the molecule is CC1=C(CCC(O)CSC2=NC3CCC=CC3O2)CCCC1. The predicted molar refractivity (Wildman–Crippen MR) is 93.3 cm³/mol. The van der Waals surface area contributed by atoms with Crippen LogP contribution in [0.25, 0.3) is 0 Å². The van der Waals surface area contributed by atoms with Crippen molar-refractivity contribution in [2.75, 3.05) is 5.75 Å². The van der Waals surface area contributed by atoms with E-state index in [4.69, 9.17) is 4.74 Å². The maximum absolute atomic E-state index is 10.2. The van der Waals surface area contributed by atoms with Crippen LogP contribution < -0.4 is 0 Å². The second kappa shape index (κ2) is 7.69. The van der Waals surface area contributed by atoms with E-state index in [2.05, 4.69) is 24.1 Å². The lowest BCUT2D eigenvalue weighted by Crippen LogP contribution is -2.22. The first-order valence-electron chi connectivity index (χ1n) is 8.62. The summed E-state index contributed by atoms with van der Waals surface area (Å²) in [5.74, 6) is 0.689. The van der Waals surface area contributed by atoms with Gasteiger partial charge in [0.05, 0.1) is 12.1 Å². The standard InChI is InChI=1S/C18H27NO2S/c1-13-6-2-3-7-14(13)10-11-15(20)12-22-18-19-16-8-4-5-9-17(16)21-18/h5,9,15-17,20H,2-4,6-8,10-12H2,1H3. The number of aliphatic imine (C=N–C) groups is 1. The van der Waals surface area contributed by atoms with E-state index in [1.807, 2.05) is 0 Å². The van der Waals surface area contributed by atoms with E-state index in [1.54, 1.807) is 22.9 Å². The fraction of sp³-hybridized carbons (Fsp3) is 0.722. The number of aliphatic hydroxyl groups is 1. The van der Waals surface area contributed by atoms with E-state index in [1.165, 1.54) is 25.7 Å². The number of fused-ring (bicyclic) bond motifs is 1. The van der Waals surface area contributed by atoms with Gasteiger partial charge < -0.3 is 9.84 Å². The van der Waals surface area contributed by atoms with E-state index in [0.29, 0.717) is 11.8 Å². The molecule has 0 saturated carbocycles. The van der Waals surface area contributed by atoms with Gasteiger partial charge in [0.1, 0.15) is 6.10 Å². The van der Waals surface area contributed by atoms with Crippen molar-refractivity contribution >= 4 is 17.0 Å². The number of nitrogens with zero attached hydrogens (tertiary/aromatic N) is 1. The van der Waals surface area contributed by atoms with Gasteiger partial charge in [0.2, 0.25) is 5.23 Å². The maximum Gasteiger partial charge on any atom is 0.246 e. The zero-order valence-corrected chi connectivity index (χ0v) is 14.3. The molecule has 4 heteroatoms. The van der Waals surface area contributed by atoms with Crippen molar-refractivity contribution in [3.05, 3.63) is 23.3 Å². The van der Waals surface area contributed by atoms with E-state index in [-0.39, 0.29) is 12.2 Å². The third kappa shape index (κ3) is 4.17. The van der Waals surface area contributed by atoms with Crippen LogP contribution in [0, 0.1) is 0 Å². The minimum absolute atomic E-state index is 0.142. The van der Waals surface area contributed by atoms with Crippen molar-refractivity contribution < 1.29 is 9.84 Å². The van der Waals surface area contributed by atoms with Gasteiger partial charge in [-0.25, -0.2) is 4.99 Å². The lowest BCUT2D eigenvalue weighted by Gasteiger charge is -2.19. The molecule has 3 aliphatic rings. The molecule has 122 valence electrons. The molecule has 1 heterocycles. The maximum atomic E-state index is 10.2. The Bertz CT molecular complexity index is 483. The molecule has 2 aliphatic carbocycles. The Balaban J connectivity index is 1.39. The van der Waals surface area contributed by atoms with E-state index in [9.17, 15) is 5.11 Å². The topological polar surface area (TPSA) is 41.8 Å². The first-order valence-corrected chi connectivity index (χ1v) is 9.60. The van der Waals surface area contributed by atoms with Gasteiger partial charge in [0, 0.05) is 5.75 Å². The summed E-state index contributed by atoms with van der Waals surface area (Å²) in [6, 6.07) is 0.305. The molecular formula is C18H27NO2S. The van der Waals surface area contributed by atoms with Gasteiger partial charge >= 0.3 is 0 Å². The molecule has 3 rings (SSSR count). The number of hydrogen-bond donors (Lipinski definition) is 1. The molecule has 0 aromatic rings. The molecular weight excluding hydrogens is 294 g/mol. The third-order valence-corrected chi connectivity index (χ3v) is 5.90. The number of allylic oxidation sites excluding steroid dienone is 3. The highest BCUT2D eigenvalue weighted by molar-refractivity contribution is 8.13. The molecule has 3 nitrogen and oxygen atoms in total. The van der Waals surface area contributed by atoms with Crippen LogP contribution in [-0.4, -0.2) is 34.3 Å². The van der Waals surface area contributed by atoms with Crippen LogP contribution in [0.1, 0.15) is 58.3 Å². The zero-order chi connectivity index (χ0) is 15.4. The first-order chi connectivity index (χ1) is 10.7. The summed E-state index contributed by atoms with van der Waals surface area (Å²) in [5.41, 5.74) is 3.14. The van der Waals surface area contributed by atoms with Crippen molar-refractivity contribution in [1.82, 2.24) is 0 Å². The number of hydrogen-bond acceptors (Lipinski definition) is 4. The van der Waals surface area contributed by atoms with Crippen LogP contribution in [0.5, 0.6) is 0 Å². The van der Waals surface area contributed by atoms with E-state index in [0.717, 1.165) is 30.9 Å². The number of aliphatic hydroxyl groups excluding tert-OH is 1. The lowest BCUT2D eigenvalue weighted by molar-refractivity contribution is 0.188. The van der Waals surface area contributed by atoms with Crippen LogP contribution in [0.4, 0.5) is 0 Å². The highest BCUT2D eigenvalue weighted by atomic mass is 32.2. The second-order valence-electron chi connectivity index (χ2n) is 6.64. The smallest absolute Gasteiger partial charge is 0.246 e. The molecule has 3 atom stereocenters. The molecule has 0 amide bonds. The summed E-state index contributed by atoms with van der Waals surface area (Å²) < 4.78 is 5.83. The lowest BCUT2D eigenvalue weighted by atomic mass is 9.89. The number of rotatable bonds is 5. The van der Waals surface area contributed by atoms with Gasteiger partial charge in [0.15, 0.2) is 0 Å². The average molecular weight is 321 g/mol. The highest BCUT2D eigenvalue weighted by Gasteiger charge is 2.30. The molecule has 0 radical (unpaired) electrons. The summed E-state index contributed by atoms with van der Waals surface area (Å²) >= 11 is 1.57. The van der Waals surface area contributed by atoms with Crippen LogP contribution in [0.3, 0.4) is 0 Å². The Morgan fingerprint density at radius 1 is 1.41 bits per heavy atom. The molecule has 0 aromatic heterocycles. The van der Waals surface area contributed by atoms with Crippen molar-refractivity contribution in [3.8, 4) is 0 Å². The Kier molecular flexibility index (Phi) is 5.64. The van der Waals surface area contributed by atoms with Crippen molar-refractivity contribution in [3.63, 3.8) is 0 Å². The Morgan fingerprint density at radius 3 is 3.09 bits per heavy atom. The molecule has 0 fully saturated rings. The van der Waals surface area contributed by atoms with Crippen LogP contribution >= 0.6 is 11.8 Å². The van der Waals surface area contributed by atoms with Gasteiger partial charge in [-0.2, -0.15) is 0 Å². The Morgan fingerprint density at radius 2 is 2.27 bits per heavy atom. The quantitative estimate of drug-likeness (QED) is 0.771. The summed E-state index contributed by atoms with van der Waals surface area (Å²) in [7, 11) is 0. The Labute approximate surface area is 137 Å². The fourth-order valence-electron chi connectivity index (χ4n) is 3.45. The summed E-state index contributed by atoms with van der Waals surface area (Å²) in [6.07, 6.45) is 13.4. The molecule has 0 saturated heterocycles. The molecule has 0 spiro atoms. The normalized spacial score (nSPS) is 29.1. The summed E-state index contributed by atoms with van der Waals surface area (Å²) in [6.45, 7) is 2.26. The van der Waals surface area contributed by atoms with Crippen molar-refractivity contribution in [2.24, 2.45) is 4.99 Å². The van der Waals surface area contributed by atoms with Crippen LogP contribution in [0.2, 0.25) is 0 Å². The molecule has 1 aliphatic heterocycles. The summed E-state index contributed by atoms with van der Waals surface area (Å²) in [5, 5.41) is 11.0. The van der Waals surface area contributed by atoms with E-state index >= 15 is 0 Å². The monoisotopic (exact) mass is 321 g/mol. The molecule has 3 unspecified atom stereocenters. The minimum atomic E-state index is -0.267. The van der Waals surface area contributed by atoms with Crippen molar-refractivity contribution in [1.29, 1.82) is 0 Å². The van der Waals surface area contributed by atoms with Gasteiger partial charge in [-0.05, 0) is 64.4 Å². The van der Waals surface area contributed by atoms with E-state index < -0.39 is 0 Å². The largest absolute Gasteiger partial charge is 0.463 e. The number of ether oxygens (including phenoxy) is 1. The molecule has 0 aromatic carbocycles. The zero-order valence-electron chi connectivity index (χ0n) is 13.5. The molecule has 0 bridgehead atoms.